The lowest BCUT2D eigenvalue weighted by Gasteiger charge is -2.23. The number of nitrogens with zero attached hydrogens (tertiary/aromatic N) is 1. The monoisotopic (exact) mass is 282 g/mol. The number of hydrogen-bond acceptors (Lipinski definition) is 2. The van der Waals surface area contributed by atoms with Gasteiger partial charge in [-0.05, 0) is 36.6 Å². The third-order valence-corrected chi connectivity index (χ3v) is 2.63. The van der Waals surface area contributed by atoms with Crippen LogP contribution in [0.2, 0.25) is 0 Å². The van der Waals surface area contributed by atoms with Crippen molar-refractivity contribution in [3.63, 3.8) is 0 Å². The van der Waals surface area contributed by atoms with Crippen LogP contribution in [-0.4, -0.2) is 35.1 Å². The molecule has 6 heteroatoms. The maximum absolute atomic E-state index is 13.0. The van der Waals surface area contributed by atoms with Crippen LogP contribution in [0.5, 0.6) is 0 Å². The van der Waals surface area contributed by atoms with Crippen molar-refractivity contribution >= 4 is 17.7 Å². The normalized spacial score (nSPS) is 10.4. The number of hydrogen-bond donors (Lipinski definition) is 2. The smallest absolute Gasteiger partial charge is 0.323 e. The zero-order chi connectivity index (χ0) is 15.3. The first-order valence-corrected chi connectivity index (χ1v) is 6.33. The van der Waals surface area contributed by atoms with Gasteiger partial charge in [0.2, 0.25) is 0 Å². The van der Waals surface area contributed by atoms with Gasteiger partial charge in [-0.1, -0.05) is 13.8 Å². The van der Waals surface area contributed by atoms with E-state index in [9.17, 15) is 14.0 Å². The van der Waals surface area contributed by atoms with Gasteiger partial charge in [-0.25, -0.2) is 9.18 Å². The summed E-state index contributed by atoms with van der Waals surface area (Å²) in [5.74, 6) is -1.31. The highest BCUT2D eigenvalue weighted by Gasteiger charge is 2.18. The summed E-state index contributed by atoms with van der Waals surface area (Å²) in [5.41, 5.74) is 1.05. The molecule has 0 atom stereocenters. The third-order valence-electron chi connectivity index (χ3n) is 2.63. The van der Waals surface area contributed by atoms with Crippen molar-refractivity contribution in [2.75, 3.05) is 18.4 Å². The van der Waals surface area contributed by atoms with Crippen molar-refractivity contribution in [3.05, 3.63) is 29.6 Å². The minimum absolute atomic E-state index is 0.148. The predicted octanol–water partition coefficient (Wildman–Crippen LogP) is 2.71. The Kier molecular flexibility index (Phi) is 5.49. The molecule has 20 heavy (non-hydrogen) atoms. The lowest BCUT2D eigenvalue weighted by Crippen LogP contribution is -2.41. The number of carboxylic acids is 1. The molecule has 110 valence electrons. The van der Waals surface area contributed by atoms with Gasteiger partial charge in [0.1, 0.15) is 12.4 Å². The number of halogens is 1. The number of carbonyl (C=O) groups is 2. The molecule has 0 saturated carbocycles. The molecule has 0 aromatic heterocycles. The van der Waals surface area contributed by atoms with E-state index in [1.54, 1.807) is 6.92 Å². The number of carboxylic acid groups (broad SMARTS) is 1. The number of aliphatic carboxylic acids is 1. The van der Waals surface area contributed by atoms with E-state index in [4.69, 9.17) is 5.11 Å². The van der Waals surface area contributed by atoms with Gasteiger partial charge < -0.3 is 15.3 Å². The molecule has 0 radical (unpaired) electrons. The van der Waals surface area contributed by atoms with Crippen molar-refractivity contribution in [1.82, 2.24) is 4.90 Å². The van der Waals surface area contributed by atoms with Crippen molar-refractivity contribution in [2.24, 2.45) is 5.92 Å². The molecule has 0 aliphatic heterocycles. The Balaban J connectivity index is 2.81. The van der Waals surface area contributed by atoms with Crippen LogP contribution < -0.4 is 5.32 Å². The molecule has 1 rings (SSSR count). The zero-order valence-corrected chi connectivity index (χ0v) is 11.8. The number of urea groups is 1. The minimum Gasteiger partial charge on any atom is -0.480 e. The fourth-order valence-electron chi connectivity index (χ4n) is 1.78. The summed E-state index contributed by atoms with van der Waals surface area (Å²) in [7, 11) is 0. The average Bonchev–Trinajstić information content (AvgIpc) is 2.30. The molecule has 0 spiro atoms. The number of anilines is 1. The lowest BCUT2D eigenvalue weighted by atomic mass is 10.2. The second-order valence-corrected chi connectivity index (χ2v) is 5.06. The first kappa shape index (κ1) is 15.9. The van der Waals surface area contributed by atoms with Crippen LogP contribution >= 0.6 is 0 Å². The molecular formula is C14H19FN2O3. The summed E-state index contributed by atoms with van der Waals surface area (Å²) in [4.78, 5) is 24.1. The van der Waals surface area contributed by atoms with E-state index in [0.29, 0.717) is 17.8 Å². The maximum atomic E-state index is 13.0. The van der Waals surface area contributed by atoms with Gasteiger partial charge in [-0.2, -0.15) is 0 Å². The summed E-state index contributed by atoms with van der Waals surface area (Å²) in [6.07, 6.45) is 0. The van der Waals surface area contributed by atoms with Crippen LogP contribution in [0, 0.1) is 18.7 Å². The van der Waals surface area contributed by atoms with E-state index in [-0.39, 0.29) is 18.3 Å². The molecule has 0 fully saturated rings. The fourth-order valence-corrected chi connectivity index (χ4v) is 1.78. The Labute approximate surface area is 117 Å². The van der Waals surface area contributed by atoms with Crippen molar-refractivity contribution in [2.45, 2.75) is 20.8 Å². The van der Waals surface area contributed by atoms with E-state index in [1.165, 1.54) is 23.1 Å². The second kappa shape index (κ2) is 6.88. The molecule has 0 aliphatic carbocycles. The molecule has 0 aliphatic rings. The molecule has 2 amide bonds. The molecular weight excluding hydrogens is 263 g/mol. The Morgan fingerprint density at radius 2 is 2.05 bits per heavy atom. The standard InChI is InChI=1S/C14H19FN2O3/c1-9(2)7-17(8-13(18)19)14(20)16-12-5-4-11(15)6-10(12)3/h4-6,9H,7-8H2,1-3H3,(H,16,20)(H,18,19). The Morgan fingerprint density at radius 1 is 1.40 bits per heavy atom. The van der Waals surface area contributed by atoms with Crippen LogP contribution in [0.1, 0.15) is 19.4 Å². The summed E-state index contributed by atoms with van der Waals surface area (Å²) in [5, 5.41) is 11.4. The fraction of sp³-hybridized carbons (Fsp3) is 0.429. The largest absolute Gasteiger partial charge is 0.480 e. The number of nitrogens with one attached hydrogen (secondary N) is 1. The van der Waals surface area contributed by atoms with E-state index in [0.717, 1.165) is 0 Å². The first-order chi connectivity index (χ1) is 9.29. The van der Waals surface area contributed by atoms with E-state index in [2.05, 4.69) is 5.32 Å². The average molecular weight is 282 g/mol. The molecule has 0 bridgehead atoms. The molecule has 0 saturated heterocycles. The minimum atomic E-state index is -1.07. The van der Waals surface area contributed by atoms with Gasteiger partial charge in [0.05, 0.1) is 0 Å². The number of amides is 2. The van der Waals surface area contributed by atoms with Crippen molar-refractivity contribution in [1.29, 1.82) is 0 Å². The lowest BCUT2D eigenvalue weighted by molar-refractivity contribution is -0.137. The van der Waals surface area contributed by atoms with Gasteiger partial charge in [0.25, 0.3) is 0 Å². The zero-order valence-electron chi connectivity index (χ0n) is 11.8. The van der Waals surface area contributed by atoms with Crippen LogP contribution in [0.3, 0.4) is 0 Å². The van der Waals surface area contributed by atoms with E-state index < -0.39 is 12.0 Å². The molecule has 0 unspecified atom stereocenters. The van der Waals surface area contributed by atoms with E-state index in [1.807, 2.05) is 13.8 Å². The molecule has 1 aromatic rings. The highest BCUT2D eigenvalue weighted by molar-refractivity contribution is 5.92. The third kappa shape index (κ3) is 4.87. The van der Waals surface area contributed by atoms with Gasteiger partial charge in [-0.3, -0.25) is 4.79 Å². The van der Waals surface area contributed by atoms with Gasteiger partial charge in [0, 0.05) is 12.2 Å². The molecule has 5 nitrogen and oxygen atoms in total. The Bertz CT molecular complexity index is 503. The second-order valence-electron chi connectivity index (χ2n) is 5.06. The SMILES string of the molecule is Cc1cc(F)ccc1NC(=O)N(CC(=O)O)CC(C)C. The Morgan fingerprint density at radius 3 is 2.55 bits per heavy atom. The van der Waals surface area contributed by atoms with Gasteiger partial charge in [0.15, 0.2) is 0 Å². The maximum Gasteiger partial charge on any atom is 0.323 e. The predicted molar refractivity (Wildman–Crippen MR) is 74.2 cm³/mol. The van der Waals surface area contributed by atoms with Crippen LogP contribution in [0.4, 0.5) is 14.9 Å². The van der Waals surface area contributed by atoms with E-state index >= 15 is 0 Å². The molecule has 1 aromatic carbocycles. The molecule has 2 N–H and O–H groups in total. The first-order valence-electron chi connectivity index (χ1n) is 6.33. The highest BCUT2D eigenvalue weighted by Crippen LogP contribution is 2.16. The Hall–Kier alpha value is -2.11. The number of carbonyl (C=O) groups excluding carboxylic acids is 1. The summed E-state index contributed by atoms with van der Waals surface area (Å²) >= 11 is 0. The van der Waals surface area contributed by atoms with Gasteiger partial charge in [-0.15, -0.1) is 0 Å². The number of benzene rings is 1. The summed E-state index contributed by atoms with van der Waals surface area (Å²) in [6.45, 7) is 5.42. The van der Waals surface area contributed by atoms with Crippen molar-refractivity contribution < 1.29 is 19.1 Å². The van der Waals surface area contributed by atoms with Crippen molar-refractivity contribution in [3.8, 4) is 0 Å². The quantitative estimate of drug-likeness (QED) is 0.872. The highest BCUT2D eigenvalue weighted by atomic mass is 19.1. The molecule has 0 heterocycles. The van der Waals surface area contributed by atoms with Crippen LogP contribution in [0.15, 0.2) is 18.2 Å². The van der Waals surface area contributed by atoms with Crippen LogP contribution in [0.25, 0.3) is 0 Å². The summed E-state index contributed by atoms with van der Waals surface area (Å²) < 4.78 is 13.0. The number of rotatable bonds is 5. The van der Waals surface area contributed by atoms with Gasteiger partial charge >= 0.3 is 12.0 Å². The van der Waals surface area contributed by atoms with Crippen LogP contribution in [-0.2, 0) is 4.79 Å². The number of aryl methyl sites for hydroxylation is 1. The summed E-state index contributed by atoms with van der Waals surface area (Å²) in [6, 6.07) is 3.50. The topological polar surface area (TPSA) is 69.6 Å².